The molecule has 128 valence electrons. The van der Waals surface area contributed by atoms with Crippen molar-refractivity contribution in [2.45, 2.75) is 59.4 Å². The normalized spacial score (nSPS) is 14.8. The summed E-state index contributed by atoms with van der Waals surface area (Å²) in [5.74, 6) is 0. The maximum Gasteiger partial charge on any atom is 0.0959 e. The Labute approximate surface area is 138 Å². The van der Waals surface area contributed by atoms with E-state index in [1.54, 1.807) is 13.3 Å². The fourth-order valence-electron chi connectivity index (χ4n) is 2.85. The zero-order chi connectivity index (χ0) is 17.1. The summed E-state index contributed by atoms with van der Waals surface area (Å²) in [4.78, 5) is 6.54. The van der Waals surface area contributed by atoms with Crippen molar-refractivity contribution in [2.75, 3.05) is 13.1 Å². The van der Waals surface area contributed by atoms with Gasteiger partial charge in [0.25, 0.3) is 0 Å². The first-order valence-corrected chi connectivity index (χ1v) is 8.30. The van der Waals surface area contributed by atoms with E-state index >= 15 is 0 Å². The van der Waals surface area contributed by atoms with E-state index in [1.165, 1.54) is 11.1 Å². The third-order valence-corrected chi connectivity index (χ3v) is 4.32. The monoisotopic (exact) mass is 319 g/mol. The highest BCUT2D eigenvalue weighted by Gasteiger charge is 2.17. The highest BCUT2D eigenvalue weighted by Crippen LogP contribution is 2.19. The summed E-state index contributed by atoms with van der Waals surface area (Å²) in [5, 5.41) is 20.1. The molecule has 2 atom stereocenters. The molecule has 1 aromatic heterocycles. The zero-order valence-corrected chi connectivity index (χ0v) is 14.8. The van der Waals surface area contributed by atoms with E-state index in [1.807, 2.05) is 4.57 Å². The van der Waals surface area contributed by atoms with E-state index < -0.39 is 12.2 Å². The number of hydrogen-bond donors (Lipinski definition) is 2. The van der Waals surface area contributed by atoms with Crippen molar-refractivity contribution in [1.82, 2.24) is 14.5 Å². The minimum atomic E-state index is -0.504. The summed E-state index contributed by atoms with van der Waals surface area (Å²) in [7, 11) is 0. The van der Waals surface area contributed by atoms with Crippen LogP contribution in [0.3, 0.4) is 0 Å². The van der Waals surface area contributed by atoms with Gasteiger partial charge in [-0.1, -0.05) is 0 Å². The molecule has 1 aromatic carbocycles. The summed E-state index contributed by atoms with van der Waals surface area (Å²) in [5.41, 5.74) is 4.47. The molecule has 2 N–H and O–H groups in total. The lowest BCUT2D eigenvalue weighted by molar-refractivity contribution is 0.0525. The first-order valence-electron chi connectivity index (χ1n) is 8.30. The number of aryl methyl sites for hydroxylation is 2. The van der Waals surface area contributed by atoms with Crippen LogP contribution in [0.4, 0.5) is 0 Å². The summed E-state index contributed by atoms with van der Waals surface area (Å²) in [6.45, 7) is 11.7. The third-order valence-electron chi connectivity index (χ3n) is 4.32. The van der Waals surface area contributed by atoms with Crippen LogP contribution < -0.4 is 0 Å². The number of aromatic nitrogens is 2. The summed E-state index contributed by atoms with van der Waals surface area (Å²) in [6.07, 6.45) is 0.890. The van der Waals surface area contributed by atoms with Crippen LogP contribution in [0.15, 0.2) is 18.5 Å². The van der Waals surface area contributed by atoms with Crippen molar-refractivity contribution < 1.29 is 10.2 Å². The van der Waals surface area contributed by atoms with Gasteiger partial charge in [0.05, 0.1) is 36.1 Å². The van der Waals surface area contributed by atoms with Crippen molar-refractivity contribution in [2.24, 2.45) is 0 Å². The molecule has 0 spiro atoms. The van der Waals surface area contributed by atoms with Gasteiger partial charge in [0, 0.05) is 19.1 Å². The maximum atomic E-state index is 10.5. The summed E-state index contributed by atoms with van der Waals surface area (Å²) in [6, 6.07) is 4.49. The Hall–Kier alpha value is -1.43. The number of hydrogen-bond acceptors (Lipinski definition) is 4. The van der Waals surface area contributed by atoms with Gasteiger partial charge < -0.3 is 14.8 Å². The Balaban J connectivity index is 2.10. The van der Waals surface area contributed by atoms with Crippen LogP contribution in [0, 0.1) is 13.8 Å². The molecule has 0 radical (unpaired) electrons. The number of nitrogens with zero attached hydrogens (tertiary/aromatic N) is 3. The second-order valence-electron chi connectivity index (χ2n) is 6.87. The first kappa shape index (κ1) is 17.9. The predicted octanol–water partition coefficient (Wildman–Crippen LogP) is 2.11. The molecule has 0 saturated heterocycles. The van der Waals surface area contributed by atoms with Crippen molar-refractivity contribution in [1.29, 1.82) is 0 Å². The molecule has 0 saturated carbocycles. The minimum Gasteiger partial charge on any atom is -0.392 e. The van der Waals surface area contributed by atoms with Crippen LogP contribution in [0.2, 0.25) is 0 Å². The lowest BCUT2D eigenvalue weighted by Crippen LogP contribution is -2.42. The molecule has 0 aliphatic carbocycles. The van der Waals surface area contributed by atoms with Crippen LogP contribution in [0.25, 0.3) is 11.0 Å². The van der Waals surface area contributed by atoms with Gasteiger partial charge in [-0.05, 0) is 57.9 Å². The molecule has 23 heavy (non-hydrogen) atoms. The molecule has 0 aliphatic rings. The van der Waals surface area contributed by atoms with Crippen molar-refractivity contribution in [3.8, 4) is 0 Å². The largest absolute Gasteiger partial charge is 0.392 e. The van der Waals surface area contributed by atoms with Gasteiger partial charge in [0.2, 0.25) is 0 Å². The van der Waals surface area contributed by atoms with Crippen molar-refractivity contribution in [3.63, 3.8) is 0 Å². The van der Waals surface area contributed by atoms with Crippen LogP contribution >= 0.6 is 0 Å². The Bertz CT molecular complexity index is 649. The SMILES string of the molecule is Cc1cc2ncn(CC(O)CN(CC(C)O)C(C)C)c2cc1C. The average Bonchev–Trinajstić information content (AvgIpc) is 2.80. The molecule has 1 heterocycles. The first-order chi connectivity index (χ1) is 10.8. The summed E-state index contributed by atoms with van der Waals surface area (Å²) < 4.78 is 2.01. The van der Waals surface area contributed by atoms with Crippen molar-refractivity contribution in [3.05, 3.63) is 29.6 Å². The van der Waals surface area contributed by atoms with E-state index in [-0.39, 0.29) is 6.04 Å². The topological polar surface area (TPSA) is 61.5 Å². The maximum absolute atomic E-state index is 10.5. The summed E-state index contributed by atoms with van der Waals surface area (Å²) >= 11 is 0. The second-order valence-corrected chi connectivity index (χ2v) is 6.87. The van der Waals surface area contributed by atoms with Gasteiger partial charge in [-0.3, -0.25) is 4.90 Å². The number of aliphatic hydroxyl groups is 2. The van der Waals surface area contributed by atoms with E-state index in [9.17, 15) is 10.2 Å². The lowest BCUT2D eigenvalue weighted by Gasteiger charge is -2.29. The Kier molecular flexibility index (Phi) is 5.79. The highest BCUT2D eigenvalue weighted by atomic mass is 16.3. The molecular formula is C18H29N3O2. The van der Waals surface area contributed by atoms with Gasteiger partial charge >= 0.3 is 0 Å². The van der Waals surface area contributed by atoms with E-state index in [2.05, 4.69) is 49.7 Å². The van der Waals surface area contributed by atoms with Gasteiger partial charge in [0.1, 0.15) is 0 Å². The van der Waals surface area contributed by atoms with Gasteiger partial charge in [-0.25, -0.2) is 4.98 Å². The molecule has 0 aliphatic heterocycles. The Morgan fingerprint density at radius 1 is 1.09 bits per heavy atom. The number of rotatable bonds is 7. The van der Waals surface area contributed by atoms with Crippen LogP contribution in [0.5, 0.6) is 0 Å². The van der Waals surface area contributed by atoms with E-state index in [0.717, 1.165) is 11.0 Å². The van der Waals surface area contributed by atoms with Gasteiger partial charge in [-0.15, -0.1) is 0 Å². The Morgan fingerprint density at radius 2 is 1.74 bits per heavy atom. The average molecular weight is 319 g/mol. The number of aliphatic hydroxyl groups excluding tert-OH is 2. The molecule has 0 amide bonds. The molecule has 0 fully saturated rings. The number of fused-ring (bicyclic) bond motifs is 1. The van der Waals surface area contributed by atoms with Crippen LogP contribution in [0.1, 0.15) is 31.9 Å². The minimum absolute atomic E-state index is 0.281. The Morgan fingerprint density at radius 3 is 2.35 bits per heavy atom. The smallest absolute Gasteiger partial charge is 0.0959 e. The third kappa shape index (κ3) is 4.53. The molecule has 0 bridgehead atoms. The lowest BCUT2D eigenvalue weighted by atomic mass is 10.1. The zero-order valence-electron chi connectivity index (χ0n) is 14.8. The fourth-order valence-corrected chi connectivity index (χ4v) is 2.85. The van der Waals surface area contributed by atoms with Gasteiger partial charge in [-0.2, -0.15) is 0 Å². The van der Waals surface area contributed by atoms with Gasteiger partial charge in [0.15, 0.2) is 0 Å². The quantitative estimate of drug-likeness (QED) is 0.820. The second kappa shape index (κ2) is 7.43. The molecule has 2 unspecified atom stereocenters. The van der Waals surface area contributed by atoms with Crippen LogP contribution in [-0.2, 0) is 6.54 Å². The number of imidazole rings is 1. The van der Waals surface area contributed by atoms with E-state index in [0.29, 0.717) is 19.6 Å². The van der Waals surface area contributed by atoms with Crippen molar-refractivity contribution >= 4 is 11.0 Å². The van der Waals surface area contributed by atoms with E-state index in [4.69, 9.17) is 0 Å². The standard InChI is InChI=1S/C18H29N3O2/c1-12(2)20(8-15(5)22)9-16(23)10-21-11-19-17-6-13(3)14(4)7-18(17)21/h6-7,11-12,15-16,22-23H,8-10H2,1-5H3. The molecule has 5 nitrogen and oxygen atoms in total. The molecule has 2 rings (SSSR count). The molecule has 2 aromatic rings. The molecule has 5 heteroatoms. The van der Waals surface area contributed by atoms with Crippen LogP contribution in [-0.4, -0.2) is 56.0 Å². The molecular weight excluding hydrogens is 290 g/mol. The highest BCUT2D eigenvalue weighted by molar-refractivity contribution is 5.77. The number of benzene rings is 1. The predicted molar refractivity (Wildman–Crippen MR) is 93.6 cm³/mol. The fraction of sp³-hybridized carbons (Fsp3) is 0.611.